The fourth-order valence-corrected chi connectivity index (χ4v) is 3.17. The first-order valence-corrected chi connectivity index (χ1v) is 9.49. The molecule has 2 rings (SSSR count). The van der Waals surface area contributed by atoms with Gasteiger partial charge < -0.3 is 14.1 Å². The highest BCUT2D eigenvalue weighted by Gasteiger charge is 2.19. The highest BCUT2D eigenvalue weighted by molar-refractivity contribution is 7.78. The molecule has 0 saturated carbocycles. The van der Waals surface area contributed by atoms with Gasteiger partial charge in [0.2, 0.25) is 7.37 Å². The van der Waals surface area contributed by atoms with E-state index in [0.717, 1.165) is 6.66 Å². The molecule has 9 heteroatoms. The van der Waals surface area contributed by atoms with Gasteiger partial charge in [-0.1, -0.05) is 0 Å². The van der Waals surface area contributed by atoms with Crippen molar-refractivity contribution in [2.75, 3.05) is 20.8 Å². The Kier molecular flexibility index (Phi) is 4.58. The first kappa shape index (κ1) is 16.9. The summed E-state index contributed by atoms with van der Waals surface area (Å²) < 4.78 is 30.2. The molecule has 0 amide bonds. The second kappa shape index (κ2) is 5.96. The fraction of sp³-hybridized carbons (Fsp3) is 0.308. The van der Waals surface area contributed by atoms with Crippen LogP contribution in [-0.2, 0) is 15.8 Å². The number of rotatable bonds is 4. The van der Waals surface area contributed by atoms with Crippen LogP contribution < -0.4 is 15.0 Å². The second-order valence-electron chi connectivity index (χ2n) is 5.18. The smallest absolute Gasteiger partial charge is 0.290 e. The molecule has 0 aliphatic carbocycles. The molecule has 2 atom stereocenters. The van der Waals surface area contributed by atoms with Gasteiger partial charge in [-0.05, 0) is 30.7 Å². The Labute approximate surface area is 130 Å². The van der Waals surface area contributed by atoms with Gasteiger partial charge in [-0.25, -0.2) is 0 Å². The van der Waals surface area contributed by atoms with E-state index >= 15 is 0 Å². The summed E-state index contributed by atoms with van der Waals surface area (Å²) >= 11 is -1.65. The molecule has 0 fully saturated rings. The summed E-state index contributed by atoms with van der Waals surface area (Å²) in [6, 6.07) is 4.61. The Morgan fingerprint density at radius 3 is 2.50 bits per heavy atom. The number of hydrogen-bond acceptors (Lipinski definition) is 4. The number of nitrogens with one attached hydrogen (secondary N) is 1. The van der Waals surface area contributed by atoms with Gasteiger partial charge >= 0.3 is 0 Å². The van der Waals surface area contributed by atoms with Crippen LogP contribution in [0.1, 0.15) is 5.56 Å². The van der Waals surface area contributed by atoms with Crippen molar-refractivity contribution in [3.05, 3.63) is 34.1 Å². The van der Waals surface area contributed by atoms with Crippen molar-refractivity contribution in [2.45, 2.75) is 6.92 Å². The first-order chi connectivity index (χ1) is 10.1. The Bertz CT molecular complexity index is 855. The predicted octanol–water partition coefficient (Wildman–Crippen LogP) is 0.881. The summed E-state index contributed by atoms with van der Waals surface area (Å²) in [6.07, 6.45) is 0. The summed E-state index contributed by atoms with van der Waals surface area (Å²) in [5, 5.41) is 0.352. The van der Waals surface area contributed by atoms with Crippen LogP contribution in [0.15, 0.2) is 23.0 Å². The maximum Gasteiger partial charge on any atom is 0.290 e. The van der Waals surface area contributed by atoms with Gasteiger partial charge in [0.15, 0.2) is 0 Å². The highest BCUT2D eigenvalue weighted by Crippen LogP contribution is 2.33. The molecule has 0 aliphatic rings. The molecular formula is C13H17N2O5PS. The number of fused-ring (bicyclic) bond motifs is 1. The minimum atomic E-state index is -3.68. The second-order valence-corrected chi connectivity index (χ2v) is 8.75. The first-order valence-electron chi connectivity index (χ1n) is 6.35. The molecule has 0 aliphatic heterocycles. The molecule has 1 heterocycles. The van der Waals surface area contributed by atoms with Crippen molar-refractivity contribution in [2.24, 2.45) is 0 Å². The van der Waals surface area contributed by atoms with Crippen molar-refractivity contribution < 1.29 is 17.9 Å². The quantitative estimate of drug-likeness (QED) is 0.802. The number of aromatic nitrogens is 1. The van der Waals surface area contributed by atoms with Crippen molar-refractivity contribution in [3.63, 3.8) is 0 Å². The minimum absolute atomic E-state index is 0.177. The molecule has 22 heavy (non-hydrogen) atoms. The Hall–Kier alpha value is -1.47. The van der Waals surface area contributed by atoms with Gasteiger partial charge in [0.25, 0.3) is 16.8 Å². The molecule has 2 aromatic rings. The van der Waals surface area contributed by atoms with E-state index in [1.807, 2.05) is 0 Å². The number of pyridine rings is 1. The van der Waals surface area contributed by atoms with Crippen LogP contribution in [0, 0.1) is 6.92 Å². The zero-order valence-corrected chi connectivity index (χ0v) is 14.3. The summed E-state index contributed by atoms with van der Waals surface area (Å²) in [7, 11) is -0.458. The van der Waals surface area contributed by atoms with Gasteiger partial charge in [0.1, 0.15) is 11.1 Å². The fourth-order valence-electron chi connectivity index (χ4n) is 1.88. The lowest BCUT2D eigenvalue weighted by molar-refractivity contribution is 0.491. The lowest BCUT2D eigenvalue weighted by Crippen LogP contribution is -2.26. The molecule has 2 N–H and O–H groups in total. The van der Waals surface area contributed by atoms with Gasteiger partial charge in [0.05, 0.1) is 0 Å². The van der Waals surface area contributed by atoms with E-state index in [1.165, 1.54) is 10.4 Å². The SMILES string of the molecule is Cc1cc2[nH]c(=O)c(P(C)(=O)O)cc2cc1OS(=O)N(C)C. The summed E-state index contributed by atoms with van der Waals surface area (Å²) in [4.78, 5) is 24.1. The average molecular weight is 344 g/mol. The maximum absolute atomic E-state index is 11.9. The Balaban J connectivity index is 2.61. The van der Waals surface area contributed by atoms with E-state index in [0.29, 0.717) is 22.2 Å². The molecule has 0 saturated heterocycles. The van der Waals surface area contributed by atoms with Crippen molar-refractivity contribution >= 4 is 34.8 Å². The predicted molar refractivity (Wildman–Crippen MR) is 87.1 cm³/mol. The number of benzene rings is 1. The molecular weight excluding hydrogens is 327 g/mol. The van der Waals surface area contributed by atoms with Gasteiger partial charge in [0, 0.05) is 31.7 Å². The van der Waals surface area contributed by atoms with Crippen LogP contribution in [0.5, 0.6) is 5.75 Å². The Morgan fingerprint density at radius 1 is 1.32 bits per heavy atom. The Morgan fingerprint density at radius 2 is 1.95 bits per heavy atom. The third-order valence-electron chi connectivity index (χ3n) is 3.03. The van der Waals surface area contributed by atoms with E-state index < -0.39 is 24.2 Å². The lowest BCUT2D eigenvalue weighted by atomic mass is 10.1. The topological polar surface area (TPSA) is 99.7 Å². The highest BCUT2D eigenvalue weighted by atomic mass is 32.2. The van der Waals surface area contributed by atoms with Crippen LogP contribution in [0.3, 0.4) is 0 Å². The van der Waals surface area contributed by atoms with Crippen LogP contribution in [0.25, 0.3) is 10.9 Å². The molecule has 2 unspecified atom stereocenters. The maximum atomic E-state index is 11.9. The molecule has 0 bridgehead atoms. The van der Waals surface area contributed by atoms with Crippen LogP contribution in [-0.4, -0.2) is 39.2 Å². The van der Waals surface area contributed by atoms with Crippen molar-refractivity contribution in [1.29, 1.82) is 0 Å². The van der Waals surface area contributed by atoms with Gasteiger partial charge in [-0.15, -0.1) is 0 Å². The zero-order chi connectivity index (χ0) is 16.7. The molecule has 120 valence electrons. The van der Waals surface area contributed by atoms with Crippen molar-refractivity contribution in [3.8, 4) is 5.75 Å². The largest absolute Gasteiger partial charge is 0.389 e. The zero-order valence-electron chi connectivity index (χ0n) is 12.6. The van der Waals surface area contributed by atoms with E-state index in [9.17, 15) is 18.5 Å². The number of aromatic amines is 1. The number of H-pyrrole nitrogens is 1. The number of hydrogen-bond donors (Lipinski definition) is 2. The van der Waals surface area contributed by atoms with E-state index in [2.05, 4.69) is 4.98 Å². The molecule has 7 nitrogen and oxygen atoms in total. The third-order valence-corrected chi connectivity index (χ3v) is 5.17. The number of aryl methyl sites for hydroxylation is 1. The third kappa shape index (κ3) is 3.47. The van der Waals surface area contributed by atoms with E-state index in [1.54, 1.807) is 33.2 Å². The summed E-state index contributed by atoms with van der Waals surface area (Å²) in [5.74, 6) is 0.376. The number of nitrogens with zero attached hydrogens (tertiary/aromatic N) is 1. The van der Waals surface area contributed by atoms with Gasteiger partial charge in [-0.2, -0.15) is 8.51 Å². The van der Waals surface area contributed by atoms with E-state index in [-0.39, 0.29) is 5.30 Å². The van der Waals surface area contributed by atoms with Crippen molar-refractivity contribution in [1.82, 2.24) is 9.29 Å². The van der Waals surface area contributed by atoms with Crippen LogP contribution in [0.4, 0.5) is 0 Å². The monoisotopic (exact) mass is 344 g/mol. The average Bonchev–Trinajstić information content (AvgIpc) is 2.37. The molecule has 1 aromatic heterocycles. The lowest BCUT2D eigenvalue weighted by Gasteiger charge is -2.13. The van der Waals surface area contributed by atoms with Crippen LogP contribution in [0.2, 0.25) is 0 Å². The normalized spacial score (nSPS) is 15.7. The molecule has 1 aromatic carbocycles. The van der Waals surface area contributed by atoms with E-state index in [4.69, 9.17) is 4.18 Å². The molecule has 0 spiro atoms. The molecule has 0 radical (unpaired) electrons. The standard InChI is InChI=1S/C13H17N2O5PS/c1-8-5-10-9(6-11(8)20-22(19)15(2)3)7-12(13(16)14-10)21(4,17)18/h5-7H,1-4H3,(H,14,16)(H,17,18). The van der Waals surface area contributed by atoms with Crippen LogP contribution >= 0.6 is 7.37 Å². The minimum Gasteiger partial charge on any atom is -0.389 e. The summed E-state index contributed by atoms with van der Waals surface area (Å²) in [5.41, 5.74) is 0.614. The summed E-state index contributed by atoms with van der Waals surface area (Å²) in [6.45, 7) is 2.86. The van der Waals surface area contributed by atoms with Gasteiger partial charge in [-0.3, -0.25) is 9.36 Å².